The quantitative estimate of drug-likeness (QED) is 0.198. The number of para-hydroxylation sites is 1. The molecular weight excluding hydrogens is 658 g/mol. The van der Waals surface area contributed by atoms with Crippen molar-refractivity contribution in [2.45, 2.75) is 77.8 Å². The van der Waals surface area contributed by atoms with Crippen LogP contribution in [0.15, 0.2) is 66.7 Å². The first kappa shape index (κ1) is 37.8. The highest BCUT2D eigenvalue weighted by Gasteiger charge is 2.57. The van der Waals surface area contributed by atoms with Crippen LogP contribution >= 0.6 is 0 Å². The maximum Gasteiger partial charge on any atom is 0.338 e. The lowest BCUT2D eigenvalue weighted by Crippen LogP contribution is -2.62. The van der Waals surface area contributed by atoms with Crippen molar-refractivity contribution < 1.29 is 34.1 Å². The van der Waals surface area contributed by atoms with Crippen molar-refractivity contribution in [3.63, 3.8) is 0 Å². The van der Waals surface area contributed by atoms with E-state index in [0.717, 1.165) is 34.4 Å². The van der Waals surface area contributed by atoms with Crippen LogP contribution in [0.3, 0.4) is 0 Å². The van der Waals surface area contributed by atoms with Crippen molar-refractivity contribution in [2.24, 2.45) is 29.1 Å². The number of carbonyl (C=O) groups excluding carboxylic acids is 2. The highest BCUT2D eigenvalue weighted by molar-refractivity contribution is 5.93. The summed E-state index contributed by atoms with van der Waals surface area (Å²) in [5.41, 5.74) is 4.88. The summed E-state index contributed by atoms with van der Waals surface area (Å²) in [7, 11) is 5.43. The van der Waals surface area contributed by atoms with E-state index >= 15 is 0 Å². The summed E-state index contributed by atoms with van der Waals surface area (Å²) in [6.07, 6.45) is 1.09. The zero-order valence-electron chi connectivity index (χ0n) is 31.5. The molecule has 3 saturated carbocycles. The van der Waals surface area contributed by atoms with E-state index < -0.39 is 30.1 Å². The number of nitrogens with one attached hydrogen (secondary N) is 1. The minimum atomic E-state index is -0.901. The molecule has 4 fully saturated rings. The number of aliphatic hydroxyl groups is 2. The Bertz CT molecular complexity index is 1730. The highest BCUT2D eigenvalue weighted by Crippen LogP contribution is 2.61. The molecule has 8 atom stereocenters. The van der Waals surface area contributed by atoms with Gasteiger partial charge in [0.2, 0.25) is 5.91 Å². The van der Waals surface area contributed by atoms with Crippen LogP contribution in [-0.2, 0) is 27.3 Å². The maximum absolute atomic E-state index is 14.2. The Labute approximate surface area is 308 Å². The number of nitrogens with zero attached hydrogens (tertiary/aromatic N) is 2. The molecule has 3 aromatic rings. The Morgan fingerprint density at radius 2 is 1.83 bits per heavy atom. The molecule has 0 aromatic heterocycles. The smallest absolute Gasteiger partial charge is 0.338 e. The number of benzene rings is 3. The standard InChI is InChI=1S/C42H55N3O7/c1-25-34-21-31(42(34,3)4)22-35(25)43-40(48)38-37(26(2)47)36(24-46)52-45(38)23-28-14-11-15-33(39(28)50-7)29-18-30(20-32(19-29)44(5)6)41(49)51-17-16-27-12-9-8-10-13-27/h8-15,18-20,25-26,31,34-38,46-47H,16-17,21-24H2,1-7H3,(H,43,48)/t25-,26-,31-,34-,35-,36-,37-,38-/m0/s1. The predicted molar refractivity (Wildman–Crippen MR) is 201 cm³/mol. The molecular formula is C42H55N3O7. The topological polar surface area (TPSA) is 121 Å². The zero-order chi connectivity index (χ0) is 37.3. The number of methoxy groups -OCH3 is 1. The molecule has 3 aliphatic carbocycles. The summed E-state index contributed by atoms with van der Waals surface area (Å²) in [5, 5.41) is 26.2. The number of esters is 1. The molecule has 0 spiro atoms. The van der Waals surface area contributed by atoms with Gasteiger partial charge in [0.05, 0.1) is 38.5 Å². The SMILES string of the molecule is COc1c(CN2O[C@@H](CO)[C@H]([C@H](C)O)[C@H]2C(=O)N[C@H]2C[C@@H]3C[C@@H]([C@@H]2C)C3(C)C)cccc1-c1cc(C(=O)OCCc2ccccc2)cc(N(C)C)c1. The van der Waals surface area contributed by atoms with Crippen molar-refractivity contribution in [2.75, 3.05) is 39.3 Å². The number of fused-ring (bicyclic) bond motifs is 2. The van der Waals surface area contributed by atoms with Crippen LogP contribution in [0.1, 0.15) is 62.0 Å². The third kappa shape index (κ3) is 7.44. The lowest BCUT2D eigenvalue weighted by atomic mass is 9.45. The average molecular weight is 714 g/mol. The summed E-state index contributed by atoms with van der Waals surface area (Å²) in [6, 6.07) is 20.5. The normalized spacial score (nSPS) is 27.0. The third-order valence-electron chi connectivity index (χ3n) is 12.1. The second-order valence-corrected chi connectivity index (χ2v) is 15.8. The van der Waals surface area contributed by atoms with Gasteiger partial charge in [-0.15, -0.1) is 0 Å². The van der Waals surface area contributed by atoms with Gasteiger partial charge in [-0.1, -0.05) is 69.3 Å². The van der Waals surface area contributed by atoms with Crippen LogP contribution in [0, 0.1) is 29.1 Å². The van der Waals surface area contributed by atoms with E-state index in [0.29, 0.717) is 35.5 Å². The van der Waals surface area contributed by atoms with E-state index in [9.17, 15) is 19.8 Å². The monoisotopic (exact) mass is 713 g/mol. The van der Waals surface area contributed by atoms with Crippen molar-refractivity contribution in [1.82, 2.24) is 10.4 Å². The van der Waals surface area contributed by atoms with Crippen molar-refractivity contribution >= 4 is 17.6 Å². The Kier molecular flexibility index (Phi) is 11.3. The van der Waals surface area contributed by atoms with Crippen molar-refractivity contribution in [1.29, 1.82) is 0 Å². The van der Waals surface area contributed by atoms with Crippen molar-refractivity contribution in [3.8, 4) is 16.9 Å². The number of aliphatic hydroxyl groups excluding tert-OH is 2. The van der Waals surface area contributed by atoms with Gasteiger partial charge in [-0.2, -0.15) is 5.06 Å². The molecule has 0 unspecified atom stereocenters. The number of rotatable bonds is 13. The van der Waals surface area contributed by atoms with E-state index in [1.165, 1.54) is 6.42 Å². The van der Waals surface area contributed by atoms with Crippen LogP contribution in [-0.4, -0.2) is 85.9 Å². The van der Waals surface area contributed by atoms with Gasteiger partial charge in [-0.3, -0.25) is 9.63 Å². The molecule has 2 bridgehead atoms. The lowest BCUT2D eigenvalue weighted by Gasteiger charge is -2.62. The molecule has 3 aromatic carbocycles. The number of anilines is 1. The molecule has 10 nitrogen and oxygen atoms in total. The Morgan fingerprint density at radius 3 is 2.46 bits per heavy atom. The fraction of sp³-hybridized carbons (Fsp3) is 0.524. The average Bonchev–Trinajstić information content (AvgIpc) is 3.51. The van der Waals surface area contributed by atoms with E-state index in [-0.39, 0.29) is 37.1 Å². The number of hydroxylamine groups is 2. The van der Waals surface area contributed by atoms with Crippen molar-refractivity contribution in [3.05, 3.63) is 83.4 Å². The van der Waals surface area contributed by atoms with Gasteiger partial charge in [0.15, 0.2) is 0 Å². The van der Waals surface area contributed by atoms with Gasteiger partial charge in [-0.25, -0.2) is 4.79 Å². The number of ether oxygens (including phenoxy) is 2. The van der Waals surface area contributed by atoms with E-state index in [4.69, 9.17) is 14.3 Å². The molecule has 7 rings (SSSR count). The Balaban J connectivity index is 1.26. The molecule has 280 valence electrons. The number of hydrogen-bond acceptors (Lipinski definition) is 9. The molecule has 52 heavy (non-hydrogen) atoms. The molecule has 1 amide bonds. The Morgan fingerprint density at radius 1 is 1.08 bits per heavy atom. The predicted octanol–water partition coefficient (Wildman–Crippen LogP) is 5.49. The molecule has 10 heteroatoms. The van der Waals surface area contributed by atoms with Gasteiger partial charge >= 0.3 is 5.97 Å². The van der Waals surface area contributed by atoms with Gasteiger partial charge in [0.1, 0.15) is 17.9 Å². The number of hydrogen-bond donors (Lipinski definition) is 3. The van der Waals surface area contributed by atoms with E-state index in [1.54, 1.807) is 19.1 Å². The fourth-order valence-electron chi connectivity index (χ4n) is 8.96. The van der Waals surface area contributed by atoms with Crippen LogP contribution in [0.2, 0.25) is 0 Å². The number of carbonyl (C=O) groups is 2. The zero-order valence-corrected chi connectivity index (χ0v) is 31.5. The van der Waals surface area contributed by atoms with E-state index in [1.807, 2.05) is 85.7 Å². The first-order chi connectivity index (χ1) is 24.8. The lowest BCUT2D eigenvalue weighted by molar-refractivity contribution is -0.183. The summed E-state index contributed by atoms with van der Waals surface area (Å²) in [4.78, 5) is 35.7. The molecule has 1 aliphatic heterocycles. The van der Waals surface area contributed by atoms with Crippen LogP contribution in [0.5, 0.6) is 5.75 Å². The minimum Gasteiger partial charge on any atom is -0.496 e. The fourth-order valence-corrected chi connectivity index (χ4v) is 8.96. The summed E-state index contributed by atoms with van der Waals surface area (Å²) in [5.74, 6) is 0.760. The Hall–Kier alpha value is -3.96. The summed E-state index contributed by atoms with van der Waals surface area (Å²) >= 11 is 0. The molecule has 4 aliphatic rings. The molecule has 0 radical (unpaired) electrons. The molecule has 1 saturated heterocycles. The van der Waals surface area contributed by atoms with Gasteiger partial charge < -0.3 is 29.9 Å². The first-order valence-corrected chi connectivity index (χ1v) is 18.6. The van der Waals surface area contributed by atoms with Crippen LogP contribution in [0.25, 0.3) is 11.1 Å². The molecule has 3 N–H and O–H groups in total. The largest absolute Gasteiger partial charge is 0.496 e. The summed E-state index contributed by atoms with van der Waals surface area (Å²) in [6.45, 7) is 8.62. The third-order valence-corrected chi connectivity index (χ3v) is 12.1. The molecule has 1 heterocycles. The maximum atomic E-state index is 14.2. The second kappa shape index (κ2) is 15.6. The van der Waals surface area contributed by atoms with Gasteiger partial charge in [0.25, 0.3) is 0 Å². The van der Waals surface area contributed by atoms with Gasteiger partial charge in [0, 0.05) is 49.3 Å². The number of amides is 1. The second-order valence-electron chi connectivity index (χ2n) is 15.8. The minimum absolute atomic E-state index is 0.0370. The highest BCUT2D eigenvalue weighted by atomic mass is 16.7. The van der Waals surface area contributed by atoms with Crippen LogP contribution < -0.4 is 15.0 Å². The van der Waals surface area contributed by atoms with Crippen LogP contribution in [0.4, 0.5) is 5.69 Å². The van der Waals surface area contributed by atoms with Gasteiger partial charge in [-0.05, 0) is 72.3 Å². The van der Waals surface area contributed by atoms with E-state index in [2.05, 4.69) is 26.1 Å². The first-order valence-electron chi connectivity index (χ1n) is 18.6. The summed E-state index contributed by atoms with van der Waals surface area (Å²) < 4.78 is 11.7.